The van der Waals surface area contributed by atoms with Crippen molar-refractivity contribution in [1.82, 2.24) is 29.5 Å². The summed E-state index contributed by atoms with van der Waals surface area (Å²) < 4.78 is 4.33. The summed E-state index contributed by atoms with van der Waals surface area (Å²) >= 11 is 0. The van der Waals surface area contributed by atoms with E-state index in [1.54, 1.807) is 0 Å². The molecule has 0 fully saturated rings. The van der Waals surface area contributed by atoms with Gasteiger partial charge in [-0.2, -0.15) is 10.2 Å². The lowest BCUT2D eigenvalue weighted by atomic mass is 9.71. The third kappa shape index (κ3) is 8.88. The highest BCUT2D eigenvalue weighted by molar-refractivity contribution is 5.13. The molecule has 0 saturated carbocycles. The standard InChI is InChI=1S/C16H29N3.C12H21N3.2C2H6.CH4/c1-10(2)14-17-15-16(7,11(3)4)8-12(5)13(6)9-19(15)18-14;1-8(2)10-6-5-7-15-12(10)13-11(14-15)9(3)4;2*1-2;/h10-13H,8-9H2,1-7H3;8-10H,5-7H2,1-4H3;2*1-2H3;1H4. The monoisotopic (exact) mass is 547 g/mol. The predicted octanol–water partition coefficient (Wildman–Crippen LogP) is 9.61. The summed E-state index contributed by atoms with van der Waals surface area (Å²) in [6.07, 6.45) is 3.73. The zero-order valence-electron chi connectivity index (χ0n) is 27.8. The Labute approximate surface area is 243 Å². The normalized spacial score (nSPS) is 23.8. The second kappa shape index (κ2) is 16.5. The van der Waals surface area contributed by atoms with Gasteiger partial charge in [0.2, 0.25) is 0 Å². The number of fused-ring (bicyclic) bond motifs is 2. The van der Waals surface area contributed by atoms with E-state index in [2.05, 4.69) is 90.6 Å². The van der Waals surface area contributed by atoms with E-state index in [1.165, 1.54) is 30.9 Å². The molecule has 0 amide bonds. The highest BCUT2D eigenvalue weighted by Gasteiger charge is 2.41. The lowest BCUT2D eigenvalue weighted by molar-refractivity contribution is 0.237. The van der Waals surface area contributed by atoms with Gasteiger partial charge in [0.15, 0.2) is 11.6 Å². The van der Waals surface area contributed by atoms with Crippen molar-refractivity contribution >= 4 is 0 Å². The summed E-state index contributed by atoms with van der Waals surface area (Å²) in [5.41, 5.74) is 0.143. The SMILES string of the molecule is C.CC.CC.CC(C)c1nc2n(n1)CC(C)C(C)CC2(C)C(C)C.CC(C)c1nc2n(n1)CCCC2C(C)C. The number of hydrogen-bond donors (Lipinski definition) is 0. The third-order valence-corrected chi connectivity index (χ3v) is 8.42. The van der Waals surface area contributed by atoms with E-state index in [0.29, 0.717) is 35.5 Å². The summed E-state index contributed by atoms with van der Waals surface area (Å²) in [4.78, 5) is 9.61. The molecular weight excluding hydrogens is 480 g/mol. The van der Waals surface area contributed by atoms with Gasteiger partial charge in [0.05, 0.1) is 0 Å². The van der Waals surface area contributed by atoms with Gasteiger partial charge in [-0.15, -0.1) is 0 Å². The van der Waals surface area contributed by atoms with Crippen LogP contribution >= 0.6 is 0 Å². The van der Waals surface area contributed by atoms with Crippen molar-refractivity contribution in [2.75, 3.05) is 0 Å². The zero-order chi connectivity index (χ0) is 29.4. The van der Waals surface area contributed by atoms with Gasteiger partial charge in [0, 0.05) is 36.3 Å². The molecule has 0 radical (unpaired) electrons. The molecule has 0 spiro atoms. The molecular formula is C33H66N6. The van der Waals surface area contributed by atoms with E-state index in [1.807, 2.05) is 27.7 Å². The van der Waals surface area contributed by atoms with Gasteiger partial charge < -0.3 is 0 Å². The first-order valence-corrected chi connectivity index (χ1v) is 15.7. The lowest BCUT2D eigenvalue weighted by Gasteiger charge is -2.33. The average molecular weight is 547 g/mol. The van der Waals surface area contributed by atoms with Gasteiger partial charge in [-0.25, -0.2) is 19.3 Å². The maximum absolute atomic E-state index is 4.91. The predicted molar refractivity (Wildman–Crippen MR) is 170 cm³/mol. The smallest absolute Gasteiger partial charge is 0.153 e. The third-order valence-electron chi connectivity index (χ3n) is 8.42. The van der Waals surface area contributed by atoms with Crippen LogP contribution < -0.4 is 0 Å². The molecule has 4 rings (SSSR count). The summed E-state index contributed by atoms with van der Waals surface area (Å²) in [5, 5.41) is 9.37. The molecule has 0 aromatic carbocycles. The lowest BCUT2D eigenvalue weighted by Crippen LogP contribution is -2.32. The largest absolute Gasteiger partial charge is 0.250 e. The number of nitrogens with zero attached hydrogens (tertiary/aromatic N) is 6. The fraction of sp³-hybridized carbons (Fsp3) is 0.879. The van der Waals surface area contributed by atoms with E-state index in [9.17, 15) is 0 Å². The second-order valence-corrected chi connectivity index (χ2v) is 12.6. The number of aromatic nitrogens is 6. The van der Waals surface area contributed by atoms with Crippen LogP contribution in [0.3, 0.4) is 0 Å². The zero-order valence-corrected chi connectivity index (χ0v) is 27.8. The molecule has 4 atom stereocenters. The van der Waals surface area contributed by atoms with Crippen molar-refractivity contribution < 1.29 is 0 Å². The van der Waals surface area contributed by atoms with Crippen LogP contribution in [-0.4, -0.2) is 29.5 Å². The van der Waals surface area contributed by atoms with E-state index >= 15 is 0 Å². The molecule has 228 valence electrons. The van der Waals surface area contributed by atoms with Gasteiger partial charge in [0.25, 0.3) is 0 Å². The first-order valence-electron chi connectivity index (χ1n) is 15.7. The first kappa shape index (κ1) is 37.3. The van der Waals surface area contributed by atoms with Crippen LogP contribution in [0.25, 0.3) is 0 Å². The summed E-state index contributed by atoms with van der Waals surface area (Å²) in [6, 6.07) is 0. The molecule has 2 aliphatic heterocycles. The Morgan fingerprint density at radius 2 is 1.28 bits per heavy atom. The van der Waals surface area contributed by atoms with Crippen molar-refractivity contribution in [3.8, 4) is 0 Å². The minimum Gasteiger partial charge on any atom is -0.250 e. The highest BCUT2D eigenvalue weighted by atomic mass is 15.4. The summed E-state index contributed by atoms with van der Waals surface area (Å²) in [6.45, 7) is 35.0. The van der Waals surface area contributed by atoms with Crippen LogP contribution in [0.2, 0.25) is 0 Å². The van der Waals surface area contributed by atoms with Gasteiger partial charge in [-0.05, 0) is 42.9 Å². The van der Waals surface area contributed by atoms with Crippen molar-refractivity contribution in [2.45, 2.75) is 167 Å². The number of aryl methyl sites for hydroxylation is 1. The molecule has 2 aromatic heterocycles. The van der Waals surface area contributed by atoms with Crippen molar-refractivity contribution in [3.05, 3.63) is 23.3 Å². The van der Waals surface area contributed by atoms with Crippen LogP contribution in [0.1, 0.15) is 172 Å². The van der Waals surface area contributed by atoms with E-state index in [-0.39, 0.29) is 12.8 Å². The second-order valence-electron chi connectivity index (χ2n) is 12.6. The Bertz CT molecular complexity index is 938. The highest BCUT2D eigenvalue weighted by Crippen LogP contribution is 2.42. The molecule has 6 nitrogen and oxygen atoms in total. The maximum atomic E-state index is 4.91. The van der Waals surface area contributed by atoms with E-state index in [0.717, 1.165) is 30.7 Å². The molecule has 39 heavy (non-hydrogen) atoms. The van der Waals surface area contributed by atoms with E-state index in [4.69, 9.17) is 15.1 Å². The molecule has 0 saturated heterocycles. The van der Waals surface area contributed by atoms with E-state index < -0.39 is 0 Å². The van der Waals surface area contributed by atoms with Crippen LogP contribution in [0.4, 0.5) is 0 Å². The molecule has 2 aliphatic rings. The Kier molecular flexibility index (Phi) is 15.8. The summed E-state index contributed by atoms with van der Waals surface area (Å²) in [7, 11) is 0. The molecule has 0 bridgehead atoms. The fourth-order valence-corrected chi connectivity index (χ4v) is 5.34. The first-order chi connectivity index (χ1) is 17.8. The van der Waals surface area contributed by atoms with Gasteiger partial charge in [0.1, 0.15) is 11.6 Å². The van der Waals surface area contributed by atoms with Crippen LogP contribution in [0.15, 0.2) is 0 Å². The molecule has 0 aliphatic carbocycles. The Hall–Kier alpha value is -1.72. The quantitative estimate of drug-likeness (QED) is 0.383. The maximum Gasteiger partial charge on any atom is 0.153 e. The van der Waals surface area contributed by atoms with Gasteiger partial charge in [-0.1, -0.05) is 111 Å². The minimum atomic E-state index is 0. The number of hydrogen-bond acceptors (Lipinski definition) is 4. The number of rotatable bonds is 4. The van der Waals surface area contributed by atoms with Gasteiger partial charge in [-0.3, -0.25) is 0 Å². The molecule has 4 heterocycles. The van der Waals surface area contributed by atoms with Crippen LogP contribution in [0, 0.1) is 23.7 Å². The molecule has 2 aromatic rings. The Morgan fingerprint density at radius 3 is 1.77 bits per heavy atom. The van der Waals surface area contributed by atoms with Crippen LogP contribution in [0.5, 0.6) is 0 Å². The summed E-state index contributed by atoms with van der Waals surface area (Å²) in [5.74, 6) is 8.55. The van der Waals surface area contributed by atoms with Crippen molar-refractivity contribution in [2.24, 2.45) is 23.7 Å². The molecule has 4 unspecified atom stereocenters. The topological polar surface area (TPSA) is 61.4 Å². The molecule has 0 N–H and O–H groups in total. The fourth-order valence-electron chi connectivity index (χ4n) is 5.34. The molecule has 6 heteroatoms. The van der Waals surface area contributed by atoms with Crippen LogP contribution in [-0.2, 0) is 18.5 Å². The van der Waals surface area contributed by atoms with Gasteiger partial charge >= 0.3 is 0 Å². The minimum absolute atomic E-state index is 0. The van der Waals surface area contributed by atoms with Crippen molar-refractivity contribution in [3.63, 3.8) is 0 Å². The Balaban J connectivity index is 0.000000654. The van der Waals surface area contributed by atoms with Crippen molar-refractivity contribution in [1.29, 1.82) is 0 Å². The average Bonchev–Trinajstić information content (AvgIpc) is 3.49. The Morgan fingerprint density at radius 1 is 0.769 bits per heavy atom.